The molecule has 1 heteroatoms. The van der Waals surface area contributed by atoms with E-state index in [1.54, 1.807) is 0 Å². The van der Waals surface area contributed by atoms with Crippen molar-refractivity contribution >= 4 is 11.6 Å². The Bertz CT molecular complexity index is 117. The van der Waals surface area contributed by atoms with Gasteiger partial charge in [0.1, 0.15) is 0 Å². The summed E-state index contributed by atoms with van der Waals surface area (Å²) in [7, 11) is 0. The van der Waals surface area contributed by atoms with Crippen LogP contribution < -0.4 is 0 Å². The van der Waals surface area contributed by atoms with Crippen LogP contribution in [0.3, 0.4) is 0 Å². The Hall–Kier alpha value is 0.290. The zero-order valence-electron chi connectivity index (χ0n) is 6.52. The highest BCUT2D eigenvalue weighted by atomic mass is 35.5. The Morgan fingerprint density at radius 1 is 1.00 bits per heavy atom. The summed E-state index contributed by atoms with van der Waals surface area (Å²) in [5.74, 6) is 2.84. The summed E-state index contributed by atoms with van der Waals surface area (Å²) >= 11 is 6.18. The minimum Gasteiger partial charge on any atom is -0.123 e. The molecule has 0 aromatic heterocycles. The fraction of sp³-hybridized carbons (Fsp3) is 1.00. The number of halogens is 1. The van der Waals surface area contributed by atoms with Crippen LogP contribution in [0, 0.1) is 17.8 Å². The van der Waals surface area contributed by atoms with Crippen molar-refractivity contribution in [2.75, 3.05) is 0 Å². The van der Waals surface area contributed by atoms with Gasteiger partial charge in [0.25, 0.3) is 0 Å². The molecule has 0 amide bonds. The van der Waals surface area contributed by atoms with Crippen LogP contribution in [0.1, 0.15) is 32.6 Å². The van der Waals surface area contributed by atoms with Crippen molar-refractivity contribution in [1.82, 2.24) is 0 Å². The zero-order valence-corrected chi connectivity index (χ0v) is 7.27. The third kappa shape index (κ3) is 0.887. The molecular formula is C9H15Cl. The first-order valence-electron chi connectivity index (χ1n) is 4.43. The zero-order chi connectivity index (χ0) is 7.14. The molecule has 0 heterocycles. The van der Waals surface area contributed by atoms with Crippen molar-refractivity contribution in [1.29, 1.82) is 0 Å². The summed E-state index contributed by atoms with van der Waals surface area (Å²) in [4.78, 5) is 0. The van der Waals surface area contributed by atoms with Gasteiger partial charge in [-0.05, 0) is 37.0 Å². The quantitative estimate of drug-likeness (QED) is 0.476. The van der Waals surface area contributed by atoms with Gasteiger partial charge in [0.2, 0.25) is 0 Å². The second kappa shape index (κ2) is 2.41. The first kappa shape index (κ1) is 6.97. The van der Waals surface area contributed by atoms with Gasteiger partial charge in [-0.15, -0.1) is 11.6 Å². The molecule has 2 saturated carbocycles. The van der Waals surface area contributed by atoms with Gasteiger partial charge in [-0.1, -0.05) is 13.3 Å². The number of hydrogen-bond donors (Lipinski definition) is 0. The van der Waals surface area contributed by atoms with Crippen LogP contribution in [0.2, 0.25) is 0 Å². The summed E-state index contributed by atoms with van der Waals surface area (Å²) in [6.07, 6.45) is 5.51. The van der Waals surface area contributed by atoms with E-state index in [1.807, 2.05) is 0 Å². The van der Waals surface area contributed by atoms with E-state index in [0.29, 0.717) is 5.38 Å². The van der Waals surface area contributed by atoms with Gasteiger partial charge < -0.3 is 0 Å². The van der Waals surface area contributed by atoms with E-state index in [-0.39, 0.29) is 0 Å². The maximum Gasteiger partial charge on any atom is 0.0367 e. The Morgan fingerprint density at radius 2 is 1.70 bits per heavy atom. The molecule has 0 nitrogen and oxygen atoms in total. The SMILES string of the molecule is CC1CCC2C(Cl)CCC12. The lowest BCUT2D eigenvalue weighted by atomic mass is 9.94. The average molecular weight is 159 g/mol. The molecule has 4 unspecified atom stereocenters. The van der Waals surface area contributed by atoms with E-state index in [2.05, 4.69) is 6.92 Å². The molecule has 2 fully saturated rings. The topological polar surface area (TPSA) is 0 Å². The highest BCUT2D eigenvalue weighted by Crippen LogP contribution is 2.49. The fourth-order valence-corrected chi connectivity index (χ4v) is 3.26. The number of hydrogen-bond acceptors (Lipinski definition) is 0. The van der Waals surface area contributed by atoms with Crippen LogP contribution in [0.4, 0.5) is 0 Å². The Kier molecular flexibility index (Phi) is 1.68. The molecule has 0 aromatic carbocycles. The lowest BCUT2D eigenvalue weighted by molar-refractivity contribution is 0.378. The van der Waals surface area contributed by atoms with Gasteiger partial charge >= 0.3 is 0 Å². The van der Waals surface area contributed by atoms with E-state index in [1.165, 1.54) is 25.7 Å². The monoisotopic (exact) mass is 158 g/mol. The van der Waals surface area contributed by atoms with Crippen LogP contribution in [0.5, 0.6) is 0 Å². The second-order valence-electron chi connectivity index (χ2n) is 3.98. The molecule has 0 spiro atoms. The predicted molar refractivity (Wildman–Crippen MR) is 44.3 cm³/mol. The van der Waals surface area contributed by atoms with Crippen LogP contribution in [0.25, 0.3) is 0 Å². The summed E-state index contributed by atoms with van der Waals surface area (Å²) in [5.41, 5.74) is 0. The summed E-state index contributed by atoms with van der Waals surface area (Å²) in [6.45, 7) is 2.39. The molecule has 0 aromatic rings. The molecule has 2 aliphatic rings. The summed E-state index contributed by atoms with van der Waals surface area (Å²) in [5, 5.41) is 0.523. The Balaban J connectivity index is 2.09. The third-order valence-corrected chi connectivity index (χ3v) is 4.02. The van der Waals surface area contributed by atoms with E-state index < -0.39 is 0 Å². The van der Waals surface area contributed by atoms with Crippen molar-refractivity contribution in [3.63, 3.8) is 0 Å². The van der Waals surface area contributed by atoms with Gasteiger partial charge in [-0.3, -0.25) is 0 Å². The van der Waals surface area contributed by atoms with Crippen molar-refractivity contribution in [2.45, 2.75) is 38.0 Å². The minimum absolute atomic E-state index is 0.523. The minimum atomic E-state index is 0.523. The van der Waals surface area contributed by atoms with E-state index in [4.69, 9.17) is 11.6 Å². The molecule has 0 saturated heterocycles. The van der Waals surface area contributed by atoms with Gasteiger partial charge in [-0.2, -0.15) is 0 Å². The Morgan fingerprint density at radius 3 is 2.40 bits per heavy atom. The largest absolute Gasteiger partial charge is 0.123 e. The summed E-state index contributed by atoms with van der Waals surface area (Å²) < 4.78 is 0. The molecular weight excluding hydrogens is 144 g/mol. The van der Waals surface area contributed by atoms with E-state index in [0.717, 1.165) is 17.8 Å². The smallest absolute Gasteiger partial charge is 0.0367 e. The van der Waals surface area contributed by atoms with Crippen LogP contribution >= 0.6 is 11.6 Å². The molecule has 0 aliphatic heterocycles. The van der Waals surface area contributed by atoms with E-state index >= 15 is 0 Å². The van der Waals surface area contributed by atoms with Crippen molar-refractivity contribution < 1.29 is 0 Å². The first-order valence-corrected chi connectivity index (χ1v) is 4.86. The second-order valence-corrected chi connectivity index (χ2v) is 4.54. The van der Waals surface area contributed by atoms with Crippen molar-refractivity contribution in [2.24, 2.45) is 17.8 Å². The lowest BCUT2D eigenvalue weighted by Gasteiger charge is -2.13. The highest BCUT2D eigenvalue weighted by Gasteiger charge is 2.41. The van der Waals surface area contributed by atoms with Gasteiger partial charge in [-0.25, -0.2) is 0 Å². The van der Waals surface area contributed by atoms with Crippen LogP contribution in [-0.2, 0) is 0 Å². The molecule has 58 valence electrons. The first-order chi connectivity index (χ1) is 4.79. The number of fused-ring (bicyclic) bond motifs is 1. The normalized spacial score (nSPS) is 53.4. The van der Waals surface area contributed by atoms with Crippen molar-refractivity contribution in [3.05, 3.63) is 0 Å². The van der Waals surface area contributed by atoms with E-state index in [9.17, 15) is 0 Å². The standard InChI is InChI=1S/C9H15Cl/c1-6-2-3-8-7(6)4-5-9(8)10/h6-9H,2-5H2,1H3. The maximum atomic E-state index is 6.18. The molecule has 0 radical (unpaired) electrons. The molecule has 2 aliphatic carbocycles. The average Bonchev–Trinajstić information content (AvgIpc) is 2.41. The van der Waals surface area contributed by atoms with Crippen LogP contribution in [0.15, 0.2) is 0 Å². The van der Waals surface area contributed by atoms with Gasteiger partial charge in [0, 0.05) is 5.38 Å². The van der Waals surface area contributed by atoms with Gasteiger partial charge in [0.15, 0.2) is 0 Å². The lowest BCUT2D eigenvalue weighted by Crippen LogP contribution is -2.10. The Labute approximate surface area is 68.0 Å². The highest BCUT2D eigenvalue weighted by molar-refractivity contribution is 6.21. The summed E-state index contributed by atoms with van der Waals surface area (Å²) in [6, 6.07) is 0. The molecule has 0 N–H and O–H groups in total. The molecule has 2 rings (SSSR count). The maximum absolute atomic E-state index is 6.18. The molecule has 10 heavy (non-hydrogen) atoms. The van der Waals surface area contributed by atoms with Gasteiger partial charge in [0.05, 0.1) is 0 Å². The number of rotatable bonds is 0. The van der Waals surface area contributed by atoms with Crippen molar-refractivity contribution in [3.8, 4) is 0 Å². The van der Waals surface area contributed by atoms with Crippen LogP contribution in [-0.4, -0.2) is 5.38 Å². The number of alkyl halides is 1. The fourth-order valence-electron chi connectivity index (χ4n) is 2.82. The molecule has 0 bridgehead atoms. The predicted octanol–water partition coefficient (Wildman–Crippen LogP) is 3.05. The third-order valence-electron chi connectivity index (χ3n) is 3.48. The molecule has 4 atom stereocenters.